The number of aliphatic hydroxyl groups excluding tert-OH is 1. The number of aryl methyl sites for hydroxylation is 3. The molecule has 1 amide bonds. The molecule has 36 heavy (non-hydrogen) atoms. The van der Waals surface area contributed by atoms with Crippen molar-refractivity contribution in [1.29, 1.82) is 0 Å². The first-order valence-corrected chi connectivity index (χ1v) is 12.2. The average Bonchev–Trinajstić information content (AvgIpc) is 3.33. The normalized spacial score (nSPS) is 17.6. The zero-order valence-corrected chi connectivity index (χ0v) is 21.9. The number of ether oxygens (including phenoxy) is 1. The minimum Gasteiger partial charge on any atom is -0.507 e. The minimum absolute atomic E-state index is 0.00229. The number of amides is 1. The smallest absolute Gasteiger partial charge is 0.300 e. The topological polar surface area (TPSA) is 80.0 Å². The molecular weight excluding hydrogens is 454 g/mol. The van der Waals surface area contributed by atoms with Gasteiger partial charge in [0.25, 0.3) is 11.7 Å². The summed E-state index contributed by atoms with van der Waals surface area (Å²) in [5.74, 6) is 0.0734. The third kappa shape index (κ3) is 4.55. The van der Waals surface area contributed by atoms with Crippen molar-refractivity contribution in [2.45, 2.75) is 59.9 Å². The van der Waals surface area contributed by atoms with Crippen molar-refractivity contribution in [2.75, 3.05) is 11.5 Å². The highest BCUT2D eigenvalue weighted by molar-refractivity contribution is 6.51. The summed E-state index contributed by atoms with van der Waals surface area (Å²) in [4.78, 5) is 28.3. The molecule has 1 N–H and O–H groups in total. The van der Waals surface area contributed by atoms with Gasteiger partial charge in [-0.05, 0) is 86.7 Å². The minimum atomic E-state index is -0.899. The van der Waals surface area contributed by atoms with E-state index >= 15 is 0 Å². The SMILES string of the molecule is CCOc1ccc(/C(O)=C2/C(=O)C(=O)N(c3cc(C)cc(C)c3)C2c2ccc(C)o2)cc1C(C)(C)C. The molecule has 0 radical (unpaired) electrons. The van der Waals surface area contributed by atoms with Gasteiger partial charge in [0.2, 0.25) is 0 Å². The zero-order valence-electron chi connectivity index (χ0n) is 21.9. The Morgan fingerprint density at radius 2 is 1.67 bits per heavy atom. The molecule has 0 saturated carbocycles. The Kier molecular flexibility index (Phi) is 6.56. The first kappa shape index (κ1) is 25.3. The van der Waals surface area contributed by atoms with Crippen LogP contribution in [0.1, 0.15) is 67.5 Å². The van der Waals surface area contributed by atoms with Crippen LogP contribution in [0.25, 0.3) is 5.76 Å². The average molecular weight is 488 g/mol. The summed E-state index contributed by atoms with van der Waals surface area (Å²) >= 11 is 0. The third-order valence-corrected chi connectivity index (χ3v) is 6.32. The lowest BCUT2D eigenvalue weighted by Gasteiger charge is -2.25. The Hall–Kier alpha value is -3.80. The fourth-order valence-corrected chi connectivity index (χ4v) is 4.76. The highest BCUT2D eigenvalue weighted by Gasteiger charge is 2.48. The summed E-state index contributed by atoms with van der Waals surface area (Å²) in [6.07, 6.45) is 0. The predicted molar refractivity (Wildman–Crippen MR) is 140 cm³/mol. The van der Waals surface area contributed by atoms with Crippen LogP contribution in [0.3, 0.4) is 0 Å². The van der Waals surface area contributed by atoms with E-state index < -0.39 is 17.7 Å². The number of Topliss-reactive ketones (excluding diaryl/α,β-unsaturated/α-hetero) is 1. The van der Waals surface area contributed by atoms with Gasteiger partial charge in [-0.3, -0.25) is 14.5 Å². The van der Waals surface area contributed by atoms with Crippen LogP contribution >= 0.6 is 0 Å². The van der Waals surface area contributed by atoms with E-state index in [9.17, 15) is 14.7 Å². The summed E-state index contributed by atoms with van der Waals surface area (Å²) in [7, 11) is 0. The molecule has 188 valence electrons. The summed E-state index contributed by atoms with van der Waals surface area (Å²) in [5, 5.41) is 11.5. The maximum Gasteiger partial charge on any atom is 0.300 e. The van der Waals surface area contributed by atoms with E-state index in [2.05, 4.69) is 20.8 Å². The molecule has 1 unspecified atom stereocenters. The van der Waals surface area contributed by atoms with Gasteiger partial charge in [0.1, 0.15) is 29.1 Å². The largest absolute Gasteiger partial charge is 0.507 e. The molecule has 0 aliphatic carbocycles. The second kappa shape index (κ2) is 9.34. The van der Waals surface area contributed by atoms with Crippen LogP contribution in [0.15, 0.2) is 58.5 Å². The number of anilines is 1. The van der Waals surface area contributed by atoms with Crippen molar-refractivity contribution in [1.82, 2.24) is 0 Å². The quantitative estimate of drug-likeness (QED) is 0.251. The van der Waals surface area contributed by atoms with Crippen molar-refractivity contribution in [3.8, 4) is 5.75 Å². The molecule has 4 rings (SSSR count). The lowest BCUT2D eigenvalue weighted by Crippen LogP contribution is -2.29. The lowest BCUT2D eigenvalue weighted by molar-refractivity contribution is -0.132. The Morgan fingerprint density at radius 1 is 1.00 bits per heavy atom. The maximum absolute atomic E-state index is 13.4. The van der Waals surface area contributed by atoms with E-state index in [1.165, 1.54) is 4.90 Å². The van der Waals surface area contributed by atoms with Crippen LogP contribution < -0.4 is 9.64 Å². The van der Waals surface area contributed by atoms with E-state index in [1.54, 1.807) is 31.2 Å². The maximum atomic E-state index is 13.4. The van der Waals surface area contributed by atoms with Gasteiger partial charge in [0, 0.05) is 16.8 Å². The van der Waals surface area contributed by atoms with Gasteiger partial charge in [-0.25, -0.2) is 0 Å². The summed E-state index contributed by atoms with van der Waals surface area (Å²) in [6.45, 7) is 14.3. The molecule has 1 fully saturated rings. The van der Waals surface area contributed by atoms with E-state index in [1.807, 2.05) is 45.0 Å². The molecule has 6 heteroatoms. The number of furan rings is 1. The Morgan fingerprint density at radius 3 is 2.22 bits per heavy atom. The van der Waals surface area contributed by atoms with Crippen LogP contribution in [0.5, 0.6) is 5.75 Å². The third-order valence-electron chi connectivity index (χ3n) is 6.32. The number of nitrogens with zero attached hydrogens (tertiary/aromatic N) is 1. The Labute approximate surface area is 212 Å². The van der Waals surface area contributed by atoms with Gasteiger partial charge >= 0.3 is 0 Å². The van der Waals surface area contributed by atoms with E-state index in [0.717, 1.165) is 22.4 Å². The number of ketones is 1. The number of hydrogen-bond acceptors (Lipinski definition) is 5. The highest BCUT2D eigenvalue weighted by Crippen LogP contribution is 2.44. The van der Waals surface area contributed by atoms with E-state index in [4.69, 9.17) is 9.15 Å². The monoisotopic (exact) mass is 487 g/mol. The summed E-state index contributed by atoms with van der Waals surface area (Å²) in [5.41, 5.74) is 3.55. The molecule has 1 aliphatic heterocycles. The molecule has 2 heterocycles. The molecule has 1 atom stereocenters. The number of carbonyl (C=O) groups is 2. The van der Waals surface area contributed by atoms with E-state index in [0.29, 0.717) is 29.4 Å². The van der Waals surface area contributed by atoms with Crippen LogP contribution in [0, 0.1) is 20.8 Å². The second-order valence-electron chi connectivity index (χ2n) is 10.4. The molecule has 1 aliphatic rings. The second-order valence-corrected chi connectivity index (χ2v) is 10.4. The van der Waals surface area contributed by atoms with Crippen molar-refractivity contribution in [3.05, 3.63) is 87.9 Å². The first-order chi connectivity index (χ1) is 16.9. The molecule has 2 aromatic carbocycles. The predicted octanol–water partition coefficient (Wildman–Crippen LogP) is 6.53. The zero-order chi connectivity index (χ0) is 26.4. The van der Waals surface area contributed by atoms with Gasteiger partial charge < -0.3 is 14.3 Å². The number of carbonyl (C=O) groups excluding carboxylic acids is 2. The van der Waals surface area contributed by atoms with Crippen LogP contribution in [0.4, 0.5) is 5.69 Å². The summed E-state index contributed by atoms with van der Waals surface area (Å²) < 4.78 is 11.7. The van der Waals surface area contributed by atoms with Gasteiger partial charge in [-0.15, -0.1) is 0 Å². The van der Waals surface area contributed by atoms with Gasteiger partial charge in [0.15, 0.2) is 0 Å². The molecule has 0 spiro atoms. The standard InChI is InChI=1S/C30H33NO5/c1-8-35-23-12-10-20(16-22(23)30(5,6)7)27(32)25-26(24-11-9-19(4)36-24)31(29(34)28(25)33)21-14-17(2)13-18(3)15-21/h9-16,26,32H,8H2,1-7H3/b27-25-. The number of hydrogen-bond donors (Lipinski definition) is 1. The molecule has 0 bridgehead atoms. The van der Waals surface area contributed by atoms with Crippen LogP contribution in [0.2, 0.25) is 0 Å². The fraction of sp³-hybridized carbons (Fsp3) is 0.333. The number of aliphatic hydroxyl groups is 1. The number of benzene rings is 2. The molecular formula is C30H33NO5. The van der Waals surface area contributed by atoms with Crippen LogP contribution in [-0.4, -0.2) is 23.4 Å². The van der Waals surface area contributed by atoms with Crippen molar-refractivity contribution in [2.24, 2.45) is 0 Å². The highest BCUT2D eigenvalue weighted by atomic mass is 16.5. The summed E-state index contributed by atoms with van der Waals surface area (Å²) in [6, 6.07) is 13.7. The lowest BCUT2D eigenvalue weighted by atomic mass is 9.84. The number of rotatable bonds is 5. The van der Waals surface area contributed by atoms with Crippen LogP contribution in [-0.2, 0) is 15.0 Å². The molecule has 3 aromatic rings. The van der Waals surface area contributed by atoms with Crippen molar-refractivity contribution >= 4 is 23.1 Å². The van der Waals surface area contributed by atoms with E-state index in [-0.39, 0.29) is 16.7 Å². The fourth-order valence-electron chi connectivity index (χ4n) is 4.76. The van der Waals surface area contributed by atoms with Gasteiger partial charge in [-0.2, -0.15) is 0 Å². The first-order valence-electron chi connectivity index (χ1n) is 12.2. The molecule has 1 aromatic heterocycles. The van der Waals surface area contributed by atoms with Crippen molar-refractivity contribution in [3.63, 3.8) is 0 Å². The molecule has 1 saturated heterocycles. The molecule has 6 nitrogen and oxygen atoms in total. The Balaban J connectivity index is 1.95. The van der Waals surface area contributed by atoms with Gasteiger partial charge in [-0.1, -0.05) is 26.8 Å². The Bertz CT molecular complexity index is 1350. The van der Waals surface area contributed by atoms with Gasteiger partial charge in [0.05, 0.1) is 12.2 Å². The van der Waals surface area contributed by atoms with Crippen molar-refractivity contribution < 1.29 is 23.8 Å².